The molecule has 0 spiro atoms. The second-order valence-electron chi connectivity index (χ2n) is 6.81. The summed E-state index contributed by atoms with van der Waals surface area (Å²) in [6, 6.07) is 3.23. The molecule has 2 aromatic heterocycles. The van der Waals surface area contributed by atoms with Gasteiger partial charge in [-0.1, -0.05) is 17.8 Å². The molecule has 2 fully saturated rings. The maximum Gasteiger partial charge on any atom is 0.324 e. The van der Waals surface area contributed by atoms with Crippen LogP contribution in [0.3, 0.4) is 0 Å². The minimum absolute atomic E-state index is 0.322. The number of hydrogen-bond acceptors (Lipinski definition) is 5. The lowest BCUT2D eigenvalue weighted by atomic mass is 9.82. The van der Waals surface area contributed by atoms with Gasteiger partial charge in [0.15, 0.2) is 5.13 Å². The van der Waals surface area contributed by atoms with E-state index in [9.17, 15) is 9.59 Å². The van der Waals surface area contributed by atoms with Gasteiger partial charge in [0.1, 0.15) is 6.04 Å². The molecule has 3 N–H and O–H groups in total. The lowest BCUT2D eigenvalue weighted by Gasteiger charge is -2.24. The number of urea groups is 1. The van der Waals surface area contributed by atoms with Crippen molar-refractivity contribution in [2.24, 2.45) is 5.73 Å². The SMILES string of the molecule is NC(=O)[C@@H]1CCCN1C(=O)Nc1ncc(-c2ccnc(C3CCC3)c2)s1. The highest BCUT2D eigenvalue weighted by molar-refractivity contribution is 7.19. The van der Waals surface area contributed by atoms with Gasteiger partial charge in [-0.3, -0.25) is 15.1 Å². The van der Waals surface area contributed by atoms with Gasteiger partial charge in [0.2, 0.25) is 5.91 Å². The molecule has 0 radical (unpaired) electrons. The van der Waals surface area contributed by atoms with Crippen molar-refractivity contribution in [3.63, 3.8) is 0 Å². The van der Waals surface area contributed by atoms with Crippen molar-refractivity contribution < 1.29 is 9.59 Å². The number of nitrogens with zero attached hydrogens (tertiary/aromatic N) is 3. The van der Waals surface area contributed by atoms with Crippen LogP contribution in [0.25, 0.3) is 10.4 Å². The van der Waals surface area contributed by atoms with Crippen LogP contribution in [-0.2, 0) is 4.79 Å². The molecule has 0 bridgehead atoms. The number of hydrogen-bond donors (Lipinski definition) is 2. The normalized spacial score (nSPS) is 20.0. The number of thiazole rings is 1. The Bertz CT molecular complexity index is 832. The zero-order valence-corrected chi connectivity index (χ0v) is 15.2. The number of pyridine rings is 1. The van der Waals surface area contributed by atoms with Gasteiger partial charge in [-0.25, -0.2) is 9.78 Å². The molecule has 1 saturated carbocycles. The van der Waals surface area contributed by atoms with Crippen LogP contribution in [0.1, 0.15) is 43.7 Å². The van der Waals surface area contributed by atoms with Gasteiger partial charge in [0.05, 0.1) is 4.88 Å². The van der Waals surface area contributed by atoms with E-state index in [0.29, 0.717) is 24.0 Å². The van der Waals surface area contributed by atoms with Gasteiger partial charge in [0.25, 0.3) is 0 Å². The van der Waals surface area contributed by atoms with Crippen molar-refractivity contribution in [2.45, 2.75) is 44.1 Å². The standard InChI is InChI=1S/C18H21N5O2S/c19-16(24)14-5-2-8-23(14)18(25)22-17-21-10-15(26-17)12-6-7-20-13(9-12)11-3-1-4-11/h6-7,9-11,14H,1-5,8H2,(H2,19,24)(H,21,22,25)/t14-/m0/s1. The molecule has 4 rings (SSSR count). The van der Waals surface area contributed by atoms with Gasteiger partial charge < -0.3 is 10.6 Å². The summed E-state index contributed by atoms with van der Waals surface area (Å²) < 4.78 is 0. The number of primary amides is 1. The predicted octanol–water partition coefficient (Wildman–Crippen LogP) is 2.95. The molecule has 0 aromatic carbocycles. The monoisotopic (exact) mass is 371 g/mol. The molecule has 1 aliphatic carbocycles. The molecule has 3 amide bonds. The Labute approximate surface area is 155 Å². The van der Waals surface area contributed by atoms with Gasteiger partial charge in [-0.2, -0.15) is 0 Å². The number of anilines is 1. The number of likely N-dealkylation sites (tertiary alicyclic amines) is 1. The minimum atomic E-state index is -0.528. The van der Waals surface area contributed by atoms with Crippen molar-refractivity contribution in [3.05, 3.63) is 30.2 Å². The fourth-order valence-electron chi connectivity index (χ4n) is 3.46. The van der Waals surface area contributed by atoms with E-state index in [-0.39, 0.29) is 6.03 Å². The van der Waals surface area contributed by atoms with Gasteiger partial charge in [0, 0.05) is 30.6 Å². The number of rotatable bonds is 4. The zero-order valence-electron chi connectivity index (χ0n) is 14.4. The molecule has 3 heterocycles. The van der Waals surface area contributed by atoms with Crippen molar-refractivity contribution >= 4 is 28.4 Å². The fourth-order valence-corrected chi connectivity index (χ4v) is 4.27. The third-order valence-corrected chi connectivity index (χ3v) is 6.11. The fraction of sp³-hybridized carbons (Fsp3) is 0.444. The summed E-state index contributed by atoms with van der Waals surface area (Å²) in [7, 11) is 0. The average molecular weight is 371 g/mol. The summed E-state index contributed by atoms with van der Waals surface area (Å²) in [4.78, 5) is 35.1. The summed E-state index contributed by atoms with van der Waals surface area (Å²) in [5.74, 6) is 0.112. The molecule has 2 aliphatic rings. The van der Waals surface area contributed by atoms with Gasteiger partial charge in [-0.05, 0) is 43.4 Å². The maximum absolute atomic E-state index is 12.4. The van der Waals surface area contributed by atoms with Crippen LogP contribution in [0.4, 0.5) is 9.93 Å². The average Bonchev–Trinajstić information content (AvgIpc) is 3.22. The van der Waals surface area contributed by atoms with E-state index in [4.69, 9.17) is 5.73 Å². The summed E-state index contributed by atoms with van der Waals surface area (Å²) >= 11 is 1.42. The number of nitrogens with one attached hydrogen (secondary N) is 1. The van der Waals surface area contributed by atoms with Crippen LogP contribution < -0.4 is 11.1 Å². The van der Waals surface area contributed by atoms with E-state index < -0.39 is 11.9 Å². The first kappa shape index (κ1) is 17.0. The Balaban J connectivity index is 1.46. The Morgan fingerprint density at radius 2 is 2.08 bits per heavy atom. The lowest BCUT2D eigenvalue weighted by Crippen LogP contribution is -2.45. The second-order valence-corrected chi connectivity index (χ2v) is 7.84. The first-order chi connectivity index (χ1) is 12.6. The summed E-state index contributed by atoms with van der Waals surface area (Å²) in [5, 5.41) is 3.31. The van der Waals surface area contributed by atoms with Crippen molar-refractivity contribution in [1.82, 2.24) is 14.9 Å². The molecule has 7 nitrogen and oxygen atoms in total. The maximum atomic E-state index is 12.4. The third-order valence-electron chi connectivity index (χ3n) is 5.15. The Morgan fingerprint density at radius 1 is 1.23 bits per heavy atom. The number of carbonyl (C=O) groups excluding carboxylic acids is 2. The summed E-state index contributed by atoms with van der Waals surface area (Å²) in [6.45, 7) is 0.534. The van der Waals surface area contributed by atoms with Crippen molar-refractivity contribution in [2.75, 3.05) is 11.9 Å². The van der Waals surface area contributed by atoms with E-state index in [1.165, 1.54) is 35.5 Å². The topological polar surface area (TPSA) is 101 Å². The molecule has 26 heavy (non-hydrogen) atoms. The Morgan fingerprint density at radius 3 is 2.81 bits per heavy atom. The molecule has 1 saturated heterocycles. The quantitative estimate of drug-likeness (QED) is 0.863. The minimum Gasteiger partial charge on any atom is -0.368 e. The summed E-state index contributed by atoms with van der Waals surface area (Å²) in [5.41, 5.74) is 7.57. The van der Waals surface area contributed by atoms with Crippen LogP contribution in [0.5, 0.6) is 0 Å². The highest BCUT2D eigenvalue weighted by Gasteiger charge is 2.33. The highest BCUT2D eigenvalue weighted by atomic mass is 32.1. The van der Waals surface area contributed by atoms with Crippen LogP contribution >= 0.6 is 11.3 Å². The van der Waals surface area contributed by atoms with E-state index in [0.717, 1.165) is 22.6 Å². The number of nitrogens with two attached hydrogens (primary N) is 1. The van der Waals surface area contributed by atoms with Gasteiger partial charge >= 0.3 is 6.03 Å². The van der Waals surface area contributed by atoms with Crippen LogP contribution in [0, 0.1) is 0 Å². The number of carbonyl (C=O) groups is 2. The van der Waals surface area contributed by atoms with E-state index in [2.05, 4.69) is 21.4 Å². The highest BCUT2D eigenvalue weighted by Crippen LogP contribution is 2.37. The number of amides is 3. The van der Waals surface area contributed by atoms with E-state index >= 15 is 0 Å². The molecule has 2 aromatic rings. The Kier molecular flexibility index (Phi) is 4.58. The largest absolute Gasteiger partial charge is 0.368 e. The molecule has 8 heteroatoms. The first-order valence-electron chi connectivity index (χ1n) is 8.91. The predicted molar refractivity (Wildman–Crippen MR) is 99.9 cm³/mol. The molecular weight excluding hydrogens is 350 g/mol. The smallest absolute Gasteiger partial charge is 0.324 e. The molecule has 136 valence electrons. The van der Waals surface area contributed by atoms with E-state index in [1.54, 1.807) is 6.20 Å². The first-order valence-corrected chi connectivity index (χ1v) is 9.72. The number of aromatic nitrogens is 2. The van der Waals surface area contributed by atoms with Crippen LogP contribution in [-0.4, -0.2) is 39.4 Å². The lowest BCUT2D eigenvalue weighted by molar-refractivity contribution is -0.121. The second kappa shape index (κ2) is 7.03. The zero-order chi connectivity index (χ0) is 18.1. The molecule has 1 aliphatic heterocycles. The summed E-state index contributed by atoms with van der Waals surface area (Å²) in [6.07, 6.45) is 8.68. The van der Waals surface area contributed by atoms with Crippen LogP contribution in [0.15, 0.2) is 24.5 Å². The molecule has 0 unspecified atom stereocenters. The van der Waals surface area contributed by atoms with Crippen molar-refractivity contribution in [1.29, 1.82) is 0 Å². The molecular formula is C18H21N5O2S. The Hall–Kier alpha value is -2.48. The van der Waals surface area contributed by atoms with Crippen molar-refractivity contribution in [3.8, 4) is 10.4 Å². The van der Waals surface area contributed by atoms with E-state index in [1.807, 2.05) is 12.3 Å². The molecule has 1 atom stereocenters. The van der Waals surface area contributed by atoms with Gasteiger partial charge in [-0.15, -0.1) is 0 Å². The van der Waals surface area contributed by atoms with Crippen LogP contribution in [0.2, 0.25) is 0 Å². The third kappa shape index (κ3) is 3.29.